The number of fused-ring (bicyclic) bond motifs is 1. The first-order chi connectivity index (χ1) is 13.0. The van der Waals surface area contributed by atoms with Crippen molar-refractivity contribution in [3.8, 4) is 17.6 Å². The second kappa shape index (κ2) is 8.43. The van der Waals surface area contributed by atoms with Gasteiger partial charge in [-0.25, -0.2) is 4.98 Å². The third-order valence-corrected chi connectivity index (χ3v) is 4.99. The number of aromatic nitrogens is 1. The van der Waals surface area contributed by atoms with Gasteiger partial charge in [0.15, 0.2) is 11.5 Å². The maximum atomic E-state index is 9.64. The van der Waals surface area contributed by atoms with Crippen LogP contribution in [0.4, 0.5) is 0 Å². The summed E-state index contributed by atoms with van der Waals surface area (Å²) in [6.07, 6.45) is 1.74. The van der Waals surface area contributed by atoms with Crippen molar-refractivity contribution in [3.05, 3.63) is 52.0 Å². The van der Waals surface area contributed by atoms with Crippen LogP contribution < -0.4 is 9.47 Å². The summed E-state index contributed by atoms with van der Waals surface area (Å²) in [6, 6.07) is 13.7. The summed E-state index contributed by atoms with van der Waals surface area (Å²) in [5.74, 6) is 1.08. The van der Waals surface area contributed by atoms with Crippen LogP contribution in [0, 0.1) is 11.3 Å². The number of nitrogens with zero attached hydrogens (tertiary/aromatic N) is 2. The van der Waals surface area contributed by atoms with Crippen LogP contribution in [0.15, 0.2) is 36.4 Å². The number of allylic oxidation sites excluding steroid dienone is 1. The quantitative estimate of drug-likeness (QED) is 0.464. The van der Waals surface area contributed by atoms with E-state index in [2.05, 4.69) is 11.1 Å². The molecule has 0 radical (unpaired) electrons. The van der Waals surface area contributed by atoms with Crippen molar-refractivity contribution in [3.63, 3.8) is 0 Å². The first-order valence-electron chi connectivity index (χ1n) is 8.62. The number of nitriles is 1. The molecule has 0 aliphatic heterocycles. The molecule has 138 valence electrons. The second-order valence-corrected chi connectivity index (χ2v) is 7.52. The van der Waals surface area contributed by atoms with Crippen LogP contribution in [0.2, 0.25) is 5.02 Å². The summed E-state index contributed by atoms with van der Waals surface area (Å²) < 4.78 is 12.5. The van der Waals surface area contributed by atoms with Crippen LogP contribution >= 0.6 is 22.9 Å². The van der Waals surface area contributed by atoms with E-state index in [-0.39, 0.29) is 6.10 Å². The molecule has 2 aromatic carbocycles. The van der Waals surface area contributed by atoms with Crippen molar-refractivity contribution in [2.75, 3.05) is 6.61 Å². The van der Waals surface area contributed by atoms with Gasteiger partial charge in [0.25, 0.3) is 0 Å². The second-order valence-electron chi connectivity index (χ2n) is 6.09. The van der Waals surface area contributed by atoms with E-state index in [0.717, 1.165) is 15.8 Å². The Morgan fingerprint density at radius 3 is 2.78 bits per heavy atom. The van der Waals surface area contributed by atoms with Crippen molar-refractivity contribution >= 4 is 44.8 Å². The van der Waals surface area contributed by atoms with E-state index in [4.69, 9.17) is 21.1 Å². The van der Waals surface area contributed by atoms with E-state index in [1.54, 1.807) is 12.1 Å². The Hall–Kier alpha value is -2.55. The first kappa shape index (κ1) is 19.2. The standard InChI is InChI=1S/C21H19ClN2O2S/c1-4-25-18-11-14(10-16(22)20(18)26-13(2)3)9-15(12-23)21-24-17-7-5-6-8-19(17)27-21/h5-11,13H,4H2,1-3H3/b15-9-. The Labute approximate surface area is 167 Å². The first-order valence-corrected chi connectivity index (χ1v) is 9.82. The zero-order valence-corrected chi connectivity index (χ0v) is 16.9. The Morgan fingerprint density at radius 2 is 2.11 bits per heavy atom. The lowest BCUT2D eigenvalue weighted by Gasteiger charge is -2.16. The van der Waals surface area contributed by atoms with Gasteiger partial charge in [-0.3, -0.25) is 0 Å². The van der Waals surface area contributed by atoms with Gasteiger partial charge in [0.05, 0.1) is 33.5 Å². The van der Waals surface area contributed by atoms with Crippen molar-refractivity contribution in [1.82, 2.24) is 4.98 Å². The Kier molecular flexibility index (Phi) is 6.00. The van der Waals surface area contributed by atoms with Gasteiger partial charge in [0.1, 0.15) is 11.1 Å². The van der Waals surface area contributed by atoms with Crippen LogP contribution in [0.5, 0.6) is 11.5 Å². The van der Waals surface area contributed by atoms with Crippen LogP contribution in [0.25, 0.3) is 21.9 Å². The van der Waals surface area contributed by atoms with Gasteiger partial charge in [0, 0.05) is 0 Å². The largest absolute Gasteiger partial charge is 0.490 e. The fourth-order valence-electron chi connectivity index (χ4n) is 2.58. The lowest BCUT2D eigenvalue weighted by Crippen LogP contribution is -2.08. The monoisotopic (exact) mass is 398 g/mol. The number of hydrogen-bond acceptors (Lipinski definition) is 5. The van der Waals surface area contributed by atoms with Crippen LogP contribution in [0.1, 0.15) is 31.3 Å². The number of benzene rings is 2. The van der Waals surface area contributed by atoms with Crippen LogP contribution in [0.3, 0.4) is 0 Å². The van der Waals surface area contributed by atoms with Crippen LogP contribution in [-0.4, -0.2) is 17.7 Å². The van der Waals surface area contributed by atoms with Gasteiger partial charge in [-0.1, -0.05) is 23.7 Å². The molecule has 0 saturated heterocycles. The number of thiazole rings is 1. The summed E-state index contributed by atoms with van der Waals surface area (Å²) in [4.78, 5) is 4.56. The van der Waals surface area contributed by atoms with Crippen molar-refractivity contribution in [2.24, 2.45) is 0 Å². The Morgan fingerprint density at radius 1 is 1.33 bits per heavy atom. The molecule has 0 amide bonds. The molecule has 6 heteroatoms. The zero-order chi connectivity index (χ0) is 19.4. The van der Waals surface area contributed by atoms with Gasteiger partial charge < -0.3 is 9.47 Å². The molecule has 0 fully saturated rings. The minimum Gasteiger partial charge on any atom is -0.490 e. The Bertz CT molecular complexity index is 1000. The molecule has 27 heavy (non-hydrogen) atoms. The molecule has 4 nitrogen and oxygen atoms in total. The molecule has 0 saturated carbocycles. The fraction of sp³-hybridized carbons (Fsp3) is 0.238. The molecular weight excluding hydrogens is 380 g/mol. The normalized spacial score (nSPS) is 11.6. The predicted molar refractivity (Wildman–Crippen MR) is 111 cm³/mol. The summed E-state index contributed by atoms with van der Waals surface area (Å²) in [7, 11) is 0. The highest BCUT2D eigenvalue weighted by atomic mass is 35.5. The van der Waals surface area contributed by atoms with E-state index in [0.29, 0.717) is 33.7 Å². The lowest BCUT2D eigenvalue weighted by atomic mass is 10.1. The van der Waals surface area contributed by atoms with Gasteiger partial charge in [-0.2, -0.15) is 5.26 Å². The highest BCUT2D eigenvalue weighted by Crippen LogP contribution is 2.38. The van der Waals surface area contributed by atoms with Gasteiger partial charge >= 0.3 is 0 Å². The third kappa shape index (κ3) is 4.41. The fourth-order valence-corrected chi connectivity index (χ4v) is 3.78. The van der Waals surface area contributed by atoms with Crippen molar-refractivity contribution in [2.45, 2.75) is 26.9 Å². The molecule has 0 spiro atoms. The zero-order valence-electron chi connectivity index (χ0n) is 15.3. The topological polar surface area (TPSA) is 55.1 Å². The van der Waals surface area contributed by atoms with Gasteiger partial charge in [0.2, 0.25) is 0 Å². The number of rotatable bonds is 6. The summed E-state index contributed by atoms with van der Waals surface area (Å²) in [5, 5.41) is 10.8. The molecule has 3 aromatic rings. The molecule has 1 aromatic heterocycles. The van der Waals surface area contributed by atoms with E-state index < -0.39 is 0 Å². The molecule has 1 heterocycles. The minimum absolute atomic E-state index is 0.0273. The molecule has 0 bridgehead atoms. The van der Waals surface area contributed by atoms with Crippen molar-refractivity contribution in [1.29, 1.82) is 5.26 Å². The third-order valence-electron chi connectivity index (χ3n) is 3.64. The van der Waals surface area contributed by atoms with E-state index in [9.17, 15) is 5.26 Å². The SMILES string of the molecule is CCOc1cc(/C=C(/C#N)c2nc3ccccc3s2)cc(Cl)c1OC(C)C. The lowest BCUT2D eigenvalue weighted by molar-refractivity contribution is 0.224. The summed E-state index contributed by atoms with van der Waals surface area (Å²) in [5.41, 5.74) is 2.12. The molecule has 3 rings (SSSR count). The number of halogens is 1. The predicted octanol–water partition coefficient (Wildman–Crippen LogP) is 6.20. The Balaban J connectivity index is 2.04. The maximum absolute atomic E-state index is 9.64. The molecular formula is C21H19ClN2O2S. The van der Waals surface area contributed by atoms with Crippen molar-refractivity contribution < 1.29 is 9.47 Å². The van der Waals surface area contributed by atoms with Gasteiger partial charge in [-0.15, -0.1) is 11.3 Å². The highest BCUT2D eigenvalue weighted by molar-refractivity contribution is 7.19. The highest BCUT2D eigenvalue weighted by Gasteiger charge is 2.15. The molecule has 0 aliphatic carbocycles. The number of hydrogen-bond donors (Lipinski definition) is 0. The average molecular weight is 399 g/mol. The average Bonchev–Trinajstić information content (AvgIpc) is 3.06. The molecule has 0 aliphatic rings. The molecule has 0 atom stereocenters. The maximum Gasteiger partial charge on any atom is 0.180 e. The minimum atomic E-state index is -0.0273. The van der Waals surface area contributed by atoms with E-state index in [1.807, 2.05) is 51.1 Å². The van der Waals surface area contributed by atoms with Crippen LogP contribution in [-0.2, 0) is 0 Å². The molecule has 0 N–H and O–H groups in total. The smallest absolute Gasteiger partial charge is 0.180 e. The van der Waals surface area contributed by atoms with E-state index in [1.165, 1.54) is 11.3 Å². The summed E-state index contributed by atoms with van der Waals surface area (Å²) >= 11 is 7.91. The summed E-state index contributed by atoms with van der Waals surface area (Å²) in [6.45, 7) is 6.25. The number of ether oxygens (including phenoxy) is 2. The van der Waals surface area contributed by atoms with Gasteiger partial charge in [-0.05, 0) is 56.7 Å². The molecule has 0 unspecified atom stereocenters. The van der Waals surface area contributed by atoms with E-state index >= 15 is 0 Å². The number of para-hydroxylation sites is 1.